The Labute approximate surface area is 177 Å². The van der Waals surface area contributed by atoms with E-state index in [9.17, 15) is 14.4 Å². The molecule has 2 heterocycles. The Balaban J connectivity index is 1.54. The molecule has 156 valence electrons. The van der Waals surface area contributed by atoms with Gasteiger partial charge in [0.1, 0.15) is 22.8 Å². The van der Waals surface area contributed by atoms with E-state index in [0.29, 0.717) is 11.4 Å². The number of hydrogen-bond donors (Lipinski definition) is 1. The number of nitrogens with zero attached hydrogens (tertiary/aromatic N) is 3. The number of ether oxygens (including phenoxy) is 1. The molecule has 1 N–H and O–H groups in total. The molecule has 0 aliphatic heterocycles. The maximum atomic E-state index is 12.6. The summed E-state index contributed by atoms with van der Waals surface area (Å²) in [6.07, 6.45) is 0. The van der Waals surface area contributed by atoms with Gasteiger partial charge in [-0.15, -0.1) is 0 Å². The van der Waals surface area contributed by atoms with Gasteiger partial charge >= 0.3 is 5.69 Å². The van der Waals surface area contributed by atoms with Gasteiger partial charge in [0.2, 0.25) is 0 Å². The van der Waals surface area contributed by atoms with E-state index >= 15 is 0 Å². The number of hydrogen-bond acceptors (Lipinski definition) is 5. The Morgan fingerprint density at radius 1 is 0.871 bits per heavy atom. The van der Waals surface area contributed by atoms with Crippen LogP contribution in [0.2, 0.25) is 0 Å². The van der Waals surface area contributed by atoms with Crippen LogP contribution in [0, 0.1) is 6.92 Å². The molecule has 31 heavy (non-hydrogen) atoms. The molecular formula is C23H20N4O4. The third kappa shape index (κ3) is 3.95. The Kier molecular flexibility index (Phi) is 5.12. The van der Waals surface area contributed by atoms with E-state index in [1.165, 1.54) is 30.8 Å². The third-order valence-corrected chi connectivity index (χ3v) is 4.90. The number of carbonyl (C=O) groups is 1. The van der Waals surface area contributed by atoms with E-state index in [2.05, 4.69) is 10.3 Å². The summed E-state index contributed by atoms with van der Waals surface area (Å²) in [6, 6.07) is 17.6. The van der Waals surface area contributed by atoms with Gasteiger partial charge < -0.3 is 10.1 Å². The monoisotopic (exact) mass is 416 g/mol. The topological polar surface area (TPSA) is 95.2 Å². The molecule has 8 nitrogen and oxygen atoms in total. The fourth-order valence-corrected chi connectivity index (χ4v) is 3.12. The van der Waals surface area contributed by atoms with Crippen molar-refractivity contribution >= 4 is 22.6 Å². The fraction of sp³-hybridized carbons (Fsp3) is 0.130. The van der Waals surface area contributed by atoms with Crippen LogP contribution in [0.4, 0.5) is 5.69 Å². The molecule has 0 saturated heterocycles. The first-order chi connectivity index (χ1) is 14.8. The summed E-state index contributed by atoms with van der Waals surface area (Å²) in [4.78, 5) is 41.2. The van der Waals surface area contributed by atoms with Gasteiger partial charge in [0, 0.05) is 19.8 Å². The van der Waals surface area contributed by atoms with Crippen molar-refractivity contribution in [2.75, 3.05) is 5.32 Å². The van der Waals surface area contributed by atoms with Crippen LogP contribution in [0.25, 0.3) is 11.0 Å². The number of fused-ring (bicyclic) bond motifs is 1. The van der Waals surface area contributed by atoms with Gasteiger partial charge in [-0.05, 0) is 55.5 Å². The first-order valence-corrected chi connectivity index (χ1v) is 9.56. The highest BCUT2D eigenvalue weighted by atomic mass is 16.5. The van der Waals surface area contributed by atoms with Crippen molar-refractivity contribution in [1.82, 2.24) is 14.1 Å². The van der Waals surface area contributed by atoms with E-state index in [4.69, 9.17) is 4.74 Å². The number of aromatic nitrogens is 3. The number of rotatable bonds is 4. The molecule has 4 rings (SSSR count). The van der Waals surface area contributed by atoms with E-state index < -0.39 is 17.2 Å². The number of pyridine rings is 1. The van der Waals surface area contributed by atoms with Crippen molar-refractivity contribution < 1.29 is 9.53 Å². The molecule has 0 spiro atoms. The van der Waals surface area contributed by atoms with Gasteiger partial charge in [-0.3, -0.25) is 18.7 Å². The molecule has 0 unspecified atom stereocenters. The Bertz CT molecular complexity index is 1400. The predicted octanol–water partition coefficient (Wildman–Crippen LogP) is 2.99. The van der Waals surface area contributed by atoms with Crippen molar-refractivity contribution in [2.24, 2.45) is 14.1 Å². The lowest BCUT2D eigenvalue weighted by molar-refractivity contribution is 0.102. The molecule has 0 bridgehead atoms. The number of amides is 1. The highest BCUT2D eigenvalue weighted by Crippen LogP contribution is 2.23. The minimum atomic E-state index is -0.508. The van der Waals surface area contributed by atoms with Crippen molar-refractivity contribution in [3.05, 3.63) is 92.8 Å². The van der Waals surface area contributed by atoms with E-state index in [1.54, 1.807) is 24.3 Å². The van der Waals surface area contributed by atoms with Gasteiger partial charge in [0.25, 0.3) is 11.5 Å². The summed E-state index contributed by atoms with van der Waals surface area (Å²) in [5, 5.41) is 3.02. The molecule has 1 amide bonds. The number of benzene rings is 2. The molecule has 4 aromatic rings. The predicted molar refractivity (Wildman–Crippen MR) is 118 cm³/mol. The van der Waals surface area contributed by atoms with Gasteiger partial charge in [-0.2, -0.15) is 0 Å². The summed E-state index contributed by atoms with van der Waals surface area (Å²) in [6.45, 7) is 2.00. The second kappa shape index (κ2) is 7.91. The van der Waals surface area contributed by atoms with Crippen LogP contribution < -0.4 is 21.3 Å². The molecule has 2 aromatic carbocycles. The quantitative estimate of drug-likeness (QED) is 0.552. The average molecular weight is 416 g/mol. The zero-order chi connectivity index (χ0) is 22.1. The summed E-state index contributed by atoms with van der Waals surface area (Å²) < 4.78 is 8.03. The lowest BCUT2D eigenvalue weighted by Gasteiger charge is -2.10. The zero-order valence-electron chi connectivity index (χ0n) is 17.2. The molecule has 8 heteroatoms. The highest BCUT2D eigenvalue weighted by Gasteiger charge is 2.14. The number of aryl methyl sites for hydroxylation is 2. The maximum Gasteiger partial charge on any atom is 0.332 e. The van der Waals surface area contributed by atoms with Crippen LogP contribution in [-0.2, 0) is 14.1 Å². The van der Waals surface area contributed by atoms with Gasteiger partial charge in [0.15, 0.2) is 0 Å². The minimum absolute atomic E-state index is 0.0933. The van der Waals surface area contributed by atoms with E-state index in [0.717, 1.165) is 15.9 Å². The van der Waals surface area contributed by atoms with Gasteiger partial charge in [-0.25, -0.2) is 9.78 Å². The van der Waals surface area contributed by atoms with Crippen LogP contribution in [0.3, 0.4) is 0 Å². The van der Waals surface area contributed by atoms with Crippen molar-refractivity contribution in [1.29, 1.82) is 0 Å². The second-order valence-electron chi connectivity index (χ2n) is 7.17. The molecule has 0 aliphatic rings. The first kappa shape index (κ1) is 20.1. The van der Waals surface area contributed by atoms with Crippen molar-refractivity contribution in [2.45, 2.75) is 6.92 Å². The normalized spacial score (nSPS) is 10.8. The maximum absolute atomic E-state index is 12.6. The van der Waals surface area contributed by atoms with Gasteiger partial charge in [0.05, 0.1) is 5.39 Å². The Morgan fingerprint density at radius 2 is 1.48 bits per heavy atom. The van der Waals surface area contributed by atoms with Crippen molar-refractivity contribution in [3.8, 4) is 11.5 Å². The summed E-state index contributed by atoms with van der Waals surface area (Å²) in [5.41, 5.74) is 0.987. The second-order valence-corrected chi connectivity index (χ2v) is 7.17. The molecule has 0 atom stereocenters. The van der Waals surface area contributed by atoms with Crippen LogP contribution in [0.5, 0.6) is 11.5 Å². The number of nitrogens with one attached hydrogen (secondary N) is 1. The fourth-order valence-electron chi connectivity index (χ4n) is 3.12. The Morgan fingerprint density at radius 3 is 2.13 bits per heavy atom. The van der Waals surface area contributed by atoms with Crippen LogP contribution in [0.15, 0.2) is 70.3 Å². The zero-order valence-corrected chi connectivity index (χ0v) is 17.2. The summed E-state index contributed by atoms with van der Waals surface area (Å²) >= 11 is 0. The lowest BCUT2D eigenvalue weighted by Crippen LogP contribution is -2.37. The van der Waals surface area contributed by atoms with Gasteiger partial charge in [-0.1, -0.05) is 17.7 Å². The SMILES string of the molecule is Cc1ccc(Oc2ccc(NC(=O)c3ccc4c(=O)n(C)c(=O)n(C)c4n3)cc2)cc1. The smallest absolute Gasteiger partial charge is 0.332 e. The summed E-state index contributed by atoms with van der Waals surface area (Å²) in [7, 11) is 2.91. The molecular weight excluding hydrogens is 396 g/mol. The van der Waals surface area contributed by atoms with E-state index in [1.807, 2.05) is 31.2 Å². The minimum Gasteiger partial charge on any atom is -0.457 e. The van der Waals surface area contributed by atoms with Crippen LogP contribution in [-0.4, -0.2) is 20.0 Å². The number of carbonyl (C=O) groups excluding carboxylic acids is 1. The third-order valence-electron chi connectivity index (χ3n) is 4.90. The number of anilines is 1. The standard InChI is InChI=1S/C23H20N4O4/c1-14-4-8-16(9-5-14)31-17-10-6-15(7-11-17)24-21(28)19-13-12-18-20(25-19)26(2)23(30)27(3)22(18)29/h4-13H,1-3H3,(H,24,28). The largest absolute Gasteiger partial charge is 0.457 e. The average Bonchev–Trinajstić information content (AvgIpc) is 2.78. The molecule has 2 aromatic heterocycles. The van der Waals surface area contributed by atoms with E-state index in [-0.39, 0.29) is 16.7 Å². The Hall–Kier alpha value is -4.20. The lowest BCUT2D eigenvalue weighted by atomic mass is 10.2. The molecule has 0 saturated carbocycles. The summed E-state index contributed by atoms with van der Waals surface area (Å²) in [5.74, 6) is 0.901. The van der Waals surface area contributed by atoms with Crippen molar-refractivity contribution in [3.63, 3.8) is 0 Å². The first-order valence-electron chi connectivity index (χ1n) is 9.56. The van der Waals surface area contributed by atoms with Crippen LogP contribution >= 0.6 is 0 Å². The molecule has 0 radical (unpaired) electrons. The molecule has 0 aliphatic carbocycles. The highest BCUT2D eigenvalue weighted by molar-refractivity contribution is 6.03. The molecule has 0 fully saturated rings. The van der Waals surface area contributed by atoms with Crippen LogP contribution in [0.1, 0.15) is 16.1 Å².